The molecule has 5 nitrogen and oxygen atoms in total. The van der Waals surface area contributed by atoms with Crippen molar-refractivity contribution in [2.75, 3.05) is 4.72 Å². The van der Waals surface area contributed by atoms with Crippen LogP contribution in [0.4, 0.5) is 23.4 Å². The summed E-state index contributed by atoms with van der Waals surface area (Å²) in [6.07, 6.45) is 1.28. The van der Waals surface area contributed by atoms with Gasteiger partial charge in [0.15, 0.2) is 23.2 Å². The Bertz CT molecular complexity index is 1100. The third-order valence-corrected chi connectivity index (χ3v) is 4.86. The van der Waals surface area contributed by atoms with Gasteiger partial charge in [-0.15, -0.1) is 0 Å². The summed E-state index contributed by atoms with van der Waals surface area (Å²) in [5, 5.41) is 0. The van der Waals surface area contributed by atoms with E-state index in [1.807, 2.05) is 0 Å². The molecule has 0 aliphatic rings. The third kappa shape index (κ3) is 4.58. The van der Waals surface area contributed by atoms with Crippen molar-refractivity contribution in [2.45, 2.75) is 11.5 Å². The number of nitrogens with zero attached hydrogens (tertiary/aromatic N) is 1. The van der Waals surface area contributed by atoms with Crippen molar-refractivity contribution in [3.05, 3.63) is 83.6 Å². The van der Waals surface area contributed by atoms with Crippen molar-refractivity contribution in [2.24, 2.45) is 0 Å². The van der Waals surface area contributed by atoms with Gasteiger partial charge in [-0.25, -0.2) is 31.0 Å². The Balaban J connectivity index is 1.82. The monoisotopic (exact) mass is 412 g/mol. The molecule has 0 fully saturated rings. The van der Waals surface area contributed by atoms with E-state index in [0.29, 0.717) is 18.2 Å². The van der Waals surface area contributed by atoms with E-state index in [0.717, 1.165) is 18.2 Å². The standard InChI is InChI=1S/C18H12F4N2O3S/c19-12-6-11(7-13(20)8-12)10-27-17-2-1-5-23-18(17)24-28(25,26)14-3-4-15(21)16(22)9-14/h1-9H,10H2,(H,23,24). The summed E-state index contributed by atoms with van der Waals surface area (Å²) in [5.74, 6) is -4.35. The Morgan fingerprint density at radius 1 is 0.929 bits per heavy atom. The molecule has 0 atom stereocenters. The predicted molar refractivity (Wildman–Crippen MR) is 92.1 cm³/mol. The van der Waals surface area contributed by atoms with Gasteiger partial charge in [-0.05, 0) is 48.0 Å². The van der Waals surface area contributed by atoms with Crippen molar-refractivity contribution in [3.63, 3.8) is 0 Å². The number of hydrogen-bond acceptors (Lipinski definition) is 4. The van der Waals surface area contributed by atoms with Gasteiger partial charge < -0.3 is 4.74 Å². The second-order valence-corrected chi connectivity index (χ2v) is 7.28. The minimum atomic E-state index is -4.29. The highest BCUT2D eigenvalue weighted by molar-refractivity contribution is 7.92. The maximum Gasteiger partial charge on any atom is 0.263 e. The molecule has 146 valence electrons. The molecule has 0 unspecified atom stereocenters. The van der Waals surface area contributed by atoms with Gasteiger partial charge in [0.25, 0.3) is 10.0 Å². The fourth-order valence-corrected chi connectivity index (χ4v) is 3.30. The van der Waals surface area contributed by atoms with Crippen molar-refractivity contribution in [1.82, 2.24) is 4.98 Å². The Kier molecular flexibility index (Phi) is 5.50. The highest BCUT2D eigenvalue weighted by Gasteiger charge is 2.19. The Morgan fingerprint density at radius 2 is 1.64 bits per heavy atom. The van der Waals surface area contributed by atoms with Gasteiger partial charge in [-0.1, -0.05) is 0 Å². The molecule has 3 aromatic rings. The second kappa shape index (κ2) is 7.85. The number of halogens is 4. The Hall–Kier alpha value is -3.14. The fraction of sp³-hybridized carbons (Fsp3) is 0.0556. The van der Waals surface area contributed by atoms with Crippen LogP contribution in [0.15, 0.2) is 59.6 Å². The average Bonchev–Trinajstić information content (AvgIpc) is 2.62. The van der Waals surface area contributed by atoms with Gasteiger partial charge in [0, 0.05) is 12.3 Å². The lowest BCUT2D eigenvalue weighted by molar-refractivity contribution is 0.305. The molecule has 0 saturated heterocycles. The van der Waals surface area contributed by atoms with Gasteiger partial charge in [0.05, 0.1) is 4.90 Å². The molecule has 0 amide bonds. The molecule has 2 aromatic carbocycles. The van der Waals surface area contributed by atoms with Gasteiger partial charge in [-0.3, -0.25) is 4.72 Å². The molecule has 0 bridgehead atoms. The average molecular weight is 412 g/mol. The lowest BCUT2D eigenvalue weighted by atomic mass is 10.2. The molecule has 0 radical (unpaired) electrons. The van der Waals surface area contributed by atoms with E-state index in [4.69, 9.17) is 4.74 Å². The molecule has 0 aliphatic carbocycles. The number of ether oxygens (including phenoxy) is 1. The summed E-state index contributed by atoms with van der Waals surface area (Å²) in [6, 6.07) is 7.75. The van der Waals surface area contributed by atoms with Crippen molar-refractivity contribution in [3.8, 4) is 5.75 Å². The van der Waals surface area contributed by atoms with Crippen molar-refractivity contribution < 1.29 is 30.7 Å². The predicted octanol–water partition coefficient (Wildman–Crippen LogP) is 4.02. The minimum absolute atomic E-state index is 0.0293. The largest absolute Gasteiger partial charge is 0.485 e. The van der Waals surface area contributed by atoms with Crippen LogP contribution in [-0.4, -0.2) is 13.4 Å². The van der Waals surface area contributed by atoms with E-state index in [1.165, 1.54) is 18.3 Å². The molecule has 0 saturated carbocycles. The van der Waals surface area contributed by atoms with E-state index in [-0.39, 0.29) is 23.7 Å². The first-order valence-electron chi connectivity index (χ1n) is 7.75. The van der Waals surface area contributed by atoms with Crippen LogP contribution in [-0.2, 0) is 16.6 Å². The smallest absolute Gasteiger partial charge is 0.263 e. The molecular formula is C18H12F4N2O3S. The topological polar surface area (TPSA) is 68.3 Å². The van der Waals surface area contributed by atoms with Crippen LogP contribution < -0.4 is 9.46 Å². The molecule has 1 aromatic heterocycles. The summed E-state index contributed by atoms with van der Waals surface area (Å²) in [4.78, 5) is 3.33. The van der Waals surface area contributed by atoms with Gasteiger partial charge in [0.2, 0.25) is 0 Å². The van der Waals surface area contributed by atoms with Crippen LogP contribution in [0.5, 0.6) is 5.75 Å². The van der Waals surface area contributed by atoms with Gasteiger partial charge in [0.1, 0.15) is 18.2 Å². The first kappa shape index (κ1) is 19.6. The van der Waals surface area contributed by atoms with Crippen molar-refractivity contribution >= 4 is 15.8 Å². The van der Waals surface area contributed by atoms with E-state index >= 15 is 0 Å². The van der Waals surface area contributed by atoms with E-state index in [2.05, 4.69) is 9.71 Å². The number of pyridine rings is 1. The lowest BCUT2D eigenvalue weighted by Crippen LogP contribution is -2.15. The van der Waals surface area contributed by atoms with Crippen LogP contribution in [0.2, 0.25) is 0 Å². The third-order valence-electron chi connectivity index (χ3n) is 3.52. The van der Waals surface area contributed by atoms with E-state index in [9.17, 15) is 26.0 Å². The number of nitrogens with one attached hydrogen (secondary N) is 1. The summed E-state index contributed by atoms with van der Waals surface area (Å²) in [7, 11) is -4.29. The van der Waals surface area contributed by atoms with Crippen LogP contribution in [0.3, 0.4) is 0 Å². The molecule has 10 heteroatoms. The maximum absolute atomic E-state index is 13.3. The molecule has 3 rings (SSSR count). The highest BCUT2D eigenvalue weighted by Crippen LogP contribution is 2.26. The number of aromatic nitrogens is 1. The summed E-state index contributed by atoms with van der Waals surface area (Å²) in [5.41, 5.74) is 0.177. The molecular weight excluding hydrogens is 400 g/mol. The summed E-state index contributed by atoms with van der Waals surface area (Å²) >= 11 is 0. The Labute approximate surface area is 157 Å². The van der Waals surface area contributed by atoms with Gasteiger partial charge >= 0.3 is 0 Å². The normalized spacial score (nSPS) is 11.3. The summed E-state index contributed by atoms with van der Waals surface area (Å²) in [6.45, 7) is -0.264. The van der Waals surface area contributed by atoms with Gasteiger partial charge in [-0.2, -0.15) is 0 Å². The molecule has 0 aliphatic heterocycles. The zero-order valence-corrected chi connectivity index (χ0v) is 14.8. The zero-order chi connectivity index (χ0) is 20.3. The van der Waals surface area contributed by atoms with Crippen LogP contribution in [0.1, 0.15) is 5.56 Å². The zero-order valence-electron chi connectivity index (χ0n) is 14.0. The molecule has 1 N–H and O–H groups in total. The SMILES string of the molecule is O=S(=O)(Nc1ncccc1OCc1cc(F)cc(F)c1)c1ccc(F)c(F)c1. The van der Waals surface area contributed by atoms with Crippen LogP contribution >= 0.6 is 0 Å². The van der Waals surface area contributed by atoms with E-state index in [1.54, 1.807) is 0 Å². The number of anilines is 1. The lowest BCUT2D eigenvalue weighted by Gasteiger charge is -2.13. The van der Waals surface area contributed by atoms with Crippen LogP contribution in [0, 0.1) is 23.3 Å². The molecule has 1 heterocycles. The fourth-order valence-electron chi connectivity index (χ4n) is 2.27. The van der Waals surface area contributed by atoms with Crippen LogP contribution in [0.25, 0.3) is 0 Å². The number of sulfonamides is 1. The first-order valence-corrected chi connectivity index (χ1v) is 9.23. The molecule has 0 spiro atoms. The summed E-state index contributed by atoms with van der Waals surface area (Å²) < 4.78 is 85.1. The quantitative estimate of drug-likeness (QED) is 0.621. The first-order chi connectivity index (χ1) is 13.2. The second-order valence-electron chi connectivity index (χ2n) is 5.60. The number of rotatable bonds is 6. The minimum Gasteiger partial charge on any atom is -0.485 e. The van der Waals surface area contributed by atoms with Crippen molar-refractivity contribution in [1.29, 1.82) is 0 Å². The Morgan fingerprint density at radius 3 is 2.32 bits per heavy atom. The number of hydrogen-bond donors (Lipinski definition) is 1. The maximum atomic E-state index is 13.3. The number of benzene rings is 2. The highest BCUT2D eigenvalue weighted by atomic mass is 32.2. The molecule has 28 heavy (non-hydrogen) atoms. The van der Waals surface area contributed by atoms with E-state index < -0.39 is 38.2 Å².